The van der Waals surface area contributed by atoms with E-state index in [9.17, 15) is 4.39 Å². The zero-order valence-corrected chi connectivity index (χ0v) is 10.5. The van der Waals surface area contributed by atoms with Gasteiger partial charge in [-0.3, -0.25) is 20.8 Å². The molecule has 3 rings (SSSR count). The monoisotopic (exact) mass is 269 g/mol. The number of aromatic nitrogens is 3. The Bertz CT molecular complexity index is 746. The van der Waals surface area contributed by atoms with E-state index in [1.807, 2.05) is 18.2 Å². The number of nitrogens with two attached hydrogens (primary N) is 1. The number of rotatable bonds is 3. The first-order valence-electron chi connectivity index (χ1n) is 6.05. The third kappa shape index (κ3) is 2.34. The quantitative estimate of drug-likeness (QED) is 0.559. The molecule has 0 aliphatic rings. The number of hydrazine groups is 1. The van der Waals surface area contributed by atoms with Crippen molar-refractivity contribution in [1.29, 1.82) is 0 Å². The summed E-state index contributed by atoms with van der Waals surface area (Å²) in [6, 6.07) is 6.65. The van der Waals surface area contributed by atoms with Crippen LogP contribution in [0.25, 0.3) is 11.0 Å². The lowest BCUT2D eigenvalue weighted by atomic mass is 10.0. The average Bonchev–Trinajstić information content (AvgIpc) is 2.48. The van der Waals surface area contributed by atoms with Crippen molar-refractivity contribution >= 4 is 11.0 Å². The van der Waals surface area contributed by atoms with Crippen molar-refractivity contribution in [1.82, 2.24) is 20.4 Å². The molecule has 6 heteroatoms. The number of nitrogens with zero attached hydrogens (tertiary/aromatic N) is 3. The van der Waals surface area contributed by atoms with Crippen molar-refractivity contribution in [3.05, 3.63) is 66.0 Å². The normalized spacial score (nSPS) is 12.5. The van der Waals surface area contributed by atoms with Gasteiger partial charge in [0, 0.05) is 18.6 Å². The largest absolute Gasteiger partial charge is 0.271 e. The van der Waals surface area contributed by atoms with E-state index in [1.54, 1.807) is 18.6 Å². The Morgan fingerprint density at radius 1 is 1.00 bits per heavy atom. The fourth-order valence-electron chi connectivity index (χ4n) is 2.13. The highest BCUT2D eigenvalue weighted by Crippen LogP contribution is 2.23. The van der Waals surface area contributed by atoms with Crippen LogP contribution in [0.15, 0.2) is 49.1 Å². The van der Waals surface area contributed by atoms with Crippen molar-refractivity contribution in [3.8, 4) is 0 Å². The summed E-state index contributed by atoms with van der Waals surface area (Å²) in [5.74, 6) is 5.20. The van der Waals surface area contributed by atoms with Crippen LogP contribution in [-0.2, 0) is 0 Å². The van der Waals surface area contributed by atoms with Crippen LogP contribution in [0, 0.1) is 5.82 Å². The lowest BCUT2D eigenvalue weighted by Gasteiger charge is -2.16. The summed E-state index contributed by atoms with van der Waals surface area (Å²) in [6.07, 6.45) is 6.00. The first kappa shape index (κ1) is 12.6. The van der Waals surface area contributed by atoms with E-state index in [1.165, 1.54) is 6.07 Å². The molecule has 3 N–H and O–H groups in total. The smallest absolute Gasteiger partial charge is 0.141 e. The molecule has 0 amide bonds. The second-order valence-corrected chi connectivity index (χ2v) is 4.34. The van der Waals surface area contributed by atoms with Crippen molar-refractivity contribution in [2.75, 3.05) is 0 Å². The second kappa shape index (κ2) is 5.28. The Kier molecular flexibility index (Phi) is 3.32. The van der Waals surface area contributed by atoms with Crippen LogP contribution in [0.4, 0.5) is 4.39 Å². The van der Waals surface area contributed by atoms with E-state index in [-0.39, 0.29) is 6.04 Å². The Morgan fingerprint density at radius 2 is 1.80 bits per heavy atom. The zero-order chi connectivity index (χ0) is 13.9. The van der Waals surface area contributed by atoms with Gasteiger partial charge in [0.15, 0.2) is 0 Å². The maximum Gasteiger partial charge on any atom is 0.141 e. The third-order valence-corrected chi connectivity index (χ3v) is 3.05. The van der Waals surface area contributed by atoms with Gasteiger partial charge >= 0.3 is 0 Å². The minimum atomic E-state index is -0.400. The summed E-state index contributed by atoms with van der Waals surface area (Å²) in [5, 5.41) is 0. The van der Waals surface area contributed by atoms with Crippen LogP contribution >= 0.6 is 0 Å². The maximum absolute atomic E-state index is 13.3. The number of nitrogens with one attached hydrogen (secondary N) is 1. The molecule has 1 unspecified atom stereocenters. The van der Waals surface area contributed by atoms with Crippen molar-refractivity contribution in [2.24, 2.45) is 5.84 Å². The van der Waals surface area contributed by atoms with Crippen LogP contribution < -0.4 is 11.3 Å². The molecule has 0 bridgehead atoms. The summed E-state index contributed by atoms with van der Waals surface area (Å²) in [7, 11) is 0. The molecule has 1 atom stereocenters. The summed E-state index contributed by atoms with van der Waals surface area (Å²) < 4.78 is 13.3. The van der Waals surface area contributed by atoms with E-state index < -0.39 is 5.82 Å². The molecule has 0 spiro atoms. The van der Waals surface area contributed by atoms with Crippen LogP contribution in [0.1, 0.15) is 17.2 Å². The lowest BCUT2D eigenvalue weighted by Crippen LogP contribution is -2.29. The topological polar surface area (TPSA) is 76.7 Å². The second-order valence-electron chi connectivity index (χ2n) is 4.34. The molecule has 0 radical (unpaired) electrons. The third-order valence-electron chi connectivity index (χ3n) is 3.05. The molecular formula is C14H12FN5. The van der Waals surface area contributed by atoms with E-state index >= 15 is 0 Å². The van der Waals surface area contributed by atoms with Gasteiger partial charge in [-0.25, -0.2) is 9.82 Å². The van der Waals surface area contributed by atoms with Gasteiger partial charge in [0.05, 0.1) is 23.3 Å². The minimum absolute atomic E-state index is 0.357. The Morgan fingerprint density at radius 3 is 2.55 bits per heavy atom. The van der Waals surface area contributed by atoms with E-state index in [4.69, 9.17) is 5.84 Å². The average molecular weight is 269 g/mol. The van der Waals surface area contributed by atoms with E-state index in [2.05, 4.69) is 20.4 Å². The Balaban J connectivity index is 2.07. The summed E-state index contributed by atoms with van der Waals surface area (Å²) in [6.45, 7) is 0. The predicted molar refractivity (Wildman–Crippen MR) is 72.9 cm³/mol. The molecule has 1 aromatic carbocycles. The Labute approximate surface area is 114 Å². The maximum atomic E-state index is 13.3. The van der Waals surface area contributed by atoms with Crippen LogP contribution in [0.3, 0.4) is 0 Å². The molecule has 100 valence electrons. The van der Waals surface area contributed by atoms with Crippen molar-refractivity contribution in [2.45, 2.75) is 6.04 Å². The molecule has 3 aromatic rings. The fourth-order valence-corrected chi connectivity index (χ4v) is 2.13. The molecule has 0 saturated carbocycles. The number of halogens is 1. The number of benzene rings is 1. The molecule has 0 aliphatic carbocycles. The molecule has 5 nitrogen and oxygen atoms in total. The minimum Gasteiger partial charge on any atom is -0.271 e. The highest BCUT2D eigenvalue weighted by atomic mass is 19.1. The highest BCUT2D eigenvalue weighted by Gasteiger charge is 2.14. The van der Waals surface area contributed by atoms with Crippen LogP contribution in [0.5, 0.6) is 0 Å². The van der Waals surface area contributed by atoms with Gasteiger partial charge in [0.25, 0.3) is 0 Å². The van der Waals surface area contributed by atoms with E-state index in [0.29, 0.717) is 5.56 Å². The molecule has 2 aromatic heterocycles. The zero-order valence-electron chi connectivity index (χ0n) is 10.5. The number of hydrogen-bond acceptors (Lipinski definition) is 5. The van der Waals surface area contributed by atoms with Gasteiger partial charge in [-0.15, -0.1) is 0 Å². The predicted octanol–water partition coefficient (Wildman–Crippen LogP) is 1.72. The molecule has 20 heavy (non-hydrogen) atoms. The van der Waals surface area contributed by atoms with E-state index in [0.717, 1.165) is 22.8 Å². The first-order chi connectivity index (χ1) is 9.78. The van der Waals surface area contributed by atoms with Gasteiger partial charge in [-0.1, -0.05) is 6.07 Å². The van der Waals surface area contributed by atoms with Gasteiger partial charge in [-0.2, -0.15) is 0 Å². The molecule has 2 heterocycles. The molecule has 0 aliphatic heterocycles. The SMILES string of the molecule is NNC(c1cncc(F)c1)c1ccc2nccnc2c1. The summed E-state index contributed by atoms with van der Waals surface area (Å²) >= 11 is 0. The summed E-state index contributed by atoms with van der Waals surface area (Å²) in [4.78, 5) is 12.3. The van der Waals surface area contributed by atoms with Gasteiger partial charge in [0.1, 0.15) is 5.82 Å². The summed E-state index contributed by atoms with van der Waals surface area (Å²) in [5.41, 5.74) is 5.74. The van der Waals surface area contributed by atoms with Crippen molar-refractivity contribution in [3.63, 3.8) is 0 Å². The van der Waals surface area contributed by atoms with Crippen molar-refractivity contribution < 1.29 is 4.39 Å². The van der Waals surface area contributed by atoms with Gasteiger partial charge in [-0.05, 0) is 29.3 Å². The molecule has 0 fully saturated rings. The van der Waals surface area contributed by atoms with Gasteiger partial charge < -0.3 is 0 Å². The van der Waals surface area contributed by atoms with Gasteiger partial charge in [0.2, 0.25) is 0 Å². The number of pyridine rings is 1. The fraction of sp³-hybridized carbons (Fsp3) is 0.0714. The van der Waals surface area contributed by atoms with Crippen LogP contribution in [-0.4, -0.2) is 15.0 Å². The first-order valence-corrected chi connectivity index (χ1v) is 6.05. The molecular weight excluding hydrogens is 257 g/mol. The lowest BCUT2D eigenvalue weighted by molar-refractivity contribution is 0.598. The standard InChI is InChI=1S/C14H12FN5/c15-11-5-10(7-17-8-11)14(20-16)9-1-2-12-13(6-9)19-4-3-18-12/h1-8,14,20H,16H2. The Hall–Kier alpha value is -2.44. The van der Waals surface area contributed by atoms with Crippen LogP contribution in [0.2, 0.25) is 0 Å². The number of fused-ring (bicyclic) bond motifs is 1. The number of hydrogen-bond donors (Lipinski definition) is 2. The highest BCUT2D eigenvalue weighted by molar-refractivity contribution is 5.74. The molecule has 0 saturated heterocycles.